The van der Waals surface area contributed by atoms with Crippen molar-refractivity contribution in [3.63, 3.8) is 0 Å². The SMILES string of the molecule is CC1CN(S(=O)(=O)c2cccc(C#CCN)c2)CCC1O. The highest BCUT2D eigenvalue weighted by atomic mass is 32.2. The van der Waals surface area contributed by atoms with Crippen molar-refractivity contribution in [2.75, 3.05) is 19.6 Å². The molecule has 3 N–H and O–H groups in total. The first-order valence-electron chi connectivity index (χ1n) is 6.92. The van der Waals surface area contributed by atoms with Crippen LogP contribution in [0.4, 0.5) is 0 Å². The van der Waals surface area contributed by atoms with Crippen LogP contribution in [0.25, 0.3) is 0 Å². The van der Waals surface area contributed by atoms with E-state index in [1.165, 1.54) is 4.31 Å². The molecule has 0 spiro atoms. The molecule has 0 radical (unpaired) electrons. The van der Waals surface area contributed by atoms with E-state index in [0.29, 0.717) is 25.1 Å². The number of aliphatic hydroxyl groups is 1. The summed E-state index contributed by atoms with van der Waals surface area (Å²) in [6.45, 7) is 2.77. The molecule has 0 bridgehead atoms. The van der Waals surface area contributed by atoms with Gasteiger partial charge in [0, 0.05) is 18.7 Å². The Balaban J connectivity index is 2.27. The third kappa shape index (κ3) is 3.63. The normalized spacial score (nSPS) is 23.4. The quantitative estimate of drug-likeness (QED) is 0.774. The van der Waals surface area contributed by atoms with Crippen molar-refractivity contribution in [2.45, 2.75) is 24.3 Å². The lowest BCUT2D eigenvalue weighted by Crippen LogP contribution is -2.44. The Bertz CT molecular complexity index is 661. The largest absolute Gasteiger partial charge is 0.393 e. The summed E-state index contributed by atoms with van der Waals surface area (Å²) in [5.41, 5.74) is 5.95. The van der Waals surface area contributed by atoms with Gasteiger partial charge in [-0.1, -0.05) is 24.8 Å². The number of nitrogens with zero attached hydrogens (tertiary/aromatic N) is 1. The van der Waals surface area contributed by atoms with Gasteiger partial charge in [0.2, 0.25) is 10.0 Å². The van der Waals surface area contributed by atoms with Gasteiger partial charge in [-0.2, -0.15) is 4.31 Å². The van der Waals surface area contributed by atoms with Gasteiger partial charge in [0.15, 0.2) is 0 Å². The molecule has 114 valence electrons. The third-order valence-corrected chi connectivity index (χ3v) is 5.49. The zero-order chi connectivity index (χ0) is 15.5. The maximum absolute atomic E-state index is 12.6. The van der Waals surface area contributed by atoms with Crippen LogP contribution < -0.4 is 5.73 Å². The van der Waals surface area contributed by atoms with E-state index in [1.807, 2.05) is 6.92 Å². The van der Waals surface area contributed by atoms with Gasteiger partial charge >= 0.3 is 0 Å². The lowest BCUT2D eigenvalue weighted by Gasteiger charge is -2.33. The van der Waals surface area contributed by atoms with E-state index in [9.17, 15) is 13.5 Å². The first kappa shape index (κ1) is 16.0. The van der Waals surface area contributed by atoms with Crippen LogP contribution in [0.1, 0.15) is 18.9 Å². The number of hydrogen-bond acceptors (Lipinski definition) is 4. The standard InChI is InChI=1S/C15H20N2O3S/c1-12-11-17(9-7-15(12)18)21(19,20)14-6-2-4-13(10-14)5-3-8-16/h2,4,6,10,12,15,18H,7-9,11,16H2,1H3. The fourth-order valence-electron chi connectivity index (χ4n) is 2.35. The number of sulfonamides is 1. The molecular weight excluding hydrogens is 288 g/mol. The molecule has 2 atom stereocenters. The van der Waals surface area contributed by atoms with Crippen LogP contribution in [0.15, 0.2) is 29.2 Å². The van der Waals surface area contributed by atoms with E-state index in [4.69, 9.17) is 5.73 Å². The Morgan fingerprint density at radius 3 is 2.90 bits per heavy atom. The summed E-state index contributed by atoms with van der Waals surface area (Å²) in [5, 5.41) is 9.72. The zero-order valence-electron chi connectivity index (χ0n) is 12.0. The molecule has 0 aromatic heterocycles. The van der Waals surface area contributed by atoms with Crippen molar-refractivity contribution in [1.82, 2.24) is 4.31 Å². The second-order valence-corrected chi connectivity index (χ2v) is 7.17. The number of hydrogen-bond donors (Lipinski definition) is 2. The van der Waals surface area contributed by atoms with E-state index in [0.717, 1.165) is 0 Å². The maximum atomic E-state index is 12.6. The first-order valence-corrected chi connectivity index (χ1v) is 8.36. The summed E-state index contributed by atoms with van der Waals surface area (Å²) in [6.07, 6.45) is 0.0331. The van der Waals surface area contributed by atoms with Crippen LogP contribution in [0, 0.1) is 17.8 Å². The third-order valence-electron chi connectivity index (χ3n) is 3.63. The van der Waals surface area contributed by atoms with Crippen LogP contribution >= 0.6 is 0 Å². The monoisotopic (exact) mass is 308 g/mol. The van der Waals surface area contributed by atoms with Gasteiger partial charge in [0.05, 0.1) is 17.5 Å². The topological polar surface area (TPSA) is 83.6 Å². The molecule has 1 heterocycles. The van der Waals surface area contributed by atoms with Crippen LogP contribution in [0.2, 0.25) is 0 Å². The fraction of sp³-hybridized carbons (Fsp3) is 0.467. The van der Waals surface area contributed by atoms with Crippen LogP contribution in [-0.2, 0) is 10.0 Å². The lowest BCUT2D eigenvalue weighted by atomic mass is 9.99. The lowest BCUT2D eigenvalue weighted by molar-refractivity contribution is 0.0628. The maximum Gasteiger partial charge on any atom is 0.243 e. The molecule has 2 rings (SSSR count). The molecule has 1 aromatic rings. The Morgan fingerprint density at radius 2 is 2.24 bits per heavy atom. The van der Waals surface area contributed by atoms with Crippen LogP contribution in [0.5, 0.6) is 0 Å². The Morgan fingerprint density at radius 1 is 1.48 bits per heavy atom. The molecule has 5 nitrogen and oxygen atoms in total. The van der Waals surface area contributed by atoms with Crippen molar-refractivity contribution in [1.29, 1.82) is 0 Å². The number of nitrogens with two attached hydrogens (primary N) is 1. The number of aliphatic hydroxyl groups excluding tert-OH is 1. The predicted molar refractivity (Wildman–Crippen MR) is 80.9 cm³/mol. The van der Waals surface area contributed by atoms with Gasteiger partial charge in [-0.25, -0.2) is 8.42 Å². The molecule has 1 aromatic carbocycles. The van der Waals surface area contributed by atoms with E-state index >= 15 is 0 Å². The summed E-state index contributed by atoms with van der Waals surface area (Å²) in [7, 11) is -3.54. The van der Waals surface area contributed by atoms with Crippen molar-refractivity contribution < 1.29 is 13.5 Å². The molecule has 1 fully saturated rings. The van der Waals surface area contributed by atoms with E-state index in [1.54, 1.807) is 24.3 Å². The smallest absolute Gasteiger partial charge is 0.243 e. The summed E-state index contributed by atoms with van der Waals surface area (Å²) in [6, 6.07) is 6.56. The molecule has 1 saturated heterocycles. The van der Waals surface area contributed by atoms with Crippen molar-refractivity contribution in [2.24, 2.45) is 11.7 Å². The summed E-state index contributed by atoms with van der Waals surface area (Å²) < 4.78 is 26.7. The van der Waals surface area contributed by atoms with E-state index < -0.39 is 16.1 Å². The van der Waals surface area contributed by atoms with Gasteiger partial charge in [-0.05, 0) is 30.5 Å². The van der Waals surface area contributed by atoms with Gasteiger partial charge in [0.1, 0.15) is 0 Å². The van der Waals surface area contributed by atoms with Crippen LogP contribution in [0.3, 0.4) is 0 Å². The summed E-state index contributed by atoms with van der Waals surface area (Å²) >= 11 is 0. The minimum absolute atomic E-state index is 0.0614. The molecule has 1 aliphatic heterocycles. The summed E-state index contributed by atoms with van der Waals surface area (Å²) in [4.78, 5) is 0.231. The molecule has 0 saturated carbocycles. The molecular formula is C15H20N2O3S. The summed E-state index contributed by atoms with van der Waals surface area (Å²) in [5.74, 6) is 5.49. The number of piperidine rings is 1. The van der Waals surface area contributed by atoms with Gasteiger partial charge < -0.3 is 10.8 Å². The Labute approximate surface area is 125 Å². The highest BCUT2D eigenvalue weighted by Crippen LogP contribution is 2.24. The van der Waals surface area contributed by atoms with Crippen LogP contribution in [-0.4, -0.2) is 43.6 Å². The molecule has 21 heavy (non-hydrogen) atoms. The zero-order valence-corrected chi connectivity index (χ0v) is 12.8. The molecule has 0 aliphatic carbocycles. The second-order valence-electron chi connectivity index (χ2n) is 5.23. The molecule has 2 unspecified atom stereocenters. The average Bonchev–Trinajstić information content (AvgIpc) is 2.48. The van der Waals surface area contributed by atoms with Crippen molar-refractivity contribution in [3.05, 3.63) is 29.8 Å². The fourth-order valence-corrected chi connectivity index (χ4v) is 3.95. The molecule has 6 heteroatoms. The Kier molecular flexibility index (Phi) is 5.01. The molecule has 0 amide bonds. The highest BCUT2D eigenvalue weighted by Gasteiger charge is 2.32. The van der Waals surface area contributed by atoms with Crippen molar-refractivity contribution >= 4 is 10.0 Å². The van der Waals surface area contributed by atoms with Gasteiger partial charge in [-0.3, -0.25) is 0 Å². The Hall–Kier alpha value is -1.39. The molecule has 1 aliphatic rings. The second kappa shape index (κ2) is 6.58. The van der Waals surface area contributed by atoms with E-state index in [2.05, 4.69) is 11.8 Å². The van der Waals surface area contributed by atoms with Gasteiger partial charge in [0.25, 0.3) is 0 Å². The number of benzene rings is 1. The highest BCUT2D eigenvalue weighted by molar-refractivity contribution is 7.89. The predicted octanol–water partition coefficient (Wildman–Crippen LogP) is 0.388. The van der Waals surface area contributed by atoms with E-state index in [-0.39, 0.29) is 17.4 Å². The number of rotatable bonds is 2. The average molecular weight is 308 g/mol. The minimum atomic E-state index is -3.54. The van der Waals surface area contributed by atoms with Crippen molar-refractivity contribution in [3.8, 4) is 11.8 Å². The van der Waals surface area contributed by atoms with Gasteiger partial charge in [-0.15, -0.1) is 0 Å². The minimum Gasteiger partial charge on any atom is -0.393 e. The first-order chi connectivity index (χ1) is 9.95.